The van der Waals surface area contributed by atoms with Gasteiger partial charge in [0.1, 0.15) is 5.56 Å². The molecule has 1 aromatic heterocycles. The van der Waals surface area contributed by atoms with Crippen molar-refractivity contribution in [1.82, 2.24) is 4.98 Å². The van der Waals surface area contributed by atoms with E-state index in [4.69, 9.17) is 45.3 Å². The van der Waals surface area contributed by atoms with Crippen molar-refractivity contribution < 1.29 is 9.53 Å². The van der Waals surface area contributed by atoms with Crippen molar-refractivity contribution in [3.63, 3.8) is 0 Å². The summed E-state index contributed by atoms with van der Waals surface area (Å²) in [5, 5.41) is 1.55. The van der Waals surface area contributed by atoms with Gasteiger partial charge in [0.2, 0.25) is 5.88 Å². The number of pyridine rings is 1. The molecule has 0 saturated carbocycles. The zero-order valence-corrected chi connectivity index (χ0v) is 18.0. The summed E-state index contributed by atoms with van der Waals surface area (Å²) in [6, 6.07) is 14.1. The molecule has 0 fully saturated rings. The number of nitrogens with two attached hydrogens (primary N) is 1. The van der Waals surface area contributed by atoms with Gasteiger partial charge in [-0.25, -0.2) is 4.98 Å². The minimum atomic E-state index is -0.618. The van der Waals surface area contributed by atoms with Gasteiger partial charge in [0, 0.05) is 21.2 Å². The molecule has 0 radical (unpaired) electrons. The van der Waals surface area contributed by atoms with Crippen LogP contribution in [0.4, 0.5) is 0 Å². The standard InChI is InChI=1S/C22H19Cl3N2O2/c1-2-3-10-29-22-18(21(26)28)12-17(13-4-6-14(23)7-5-13)20(27-22)16-9-8-15(24)11-19(16)25/h4-9,11-12H,2-3,10H2,1H3,(H2,26,28). The van der Waals surface area contributed by atoms with Crippen LogP contribution in [0.1, 0.15) is 30.1 Å². The number of amides is 1. The number of carbonyl (C=O) groups is 1. The monoisotopic (exact) mass is 448 g/mol. The van der Waals surface area contributed by atoms with Gasteiger partial charge in [-0.1, -0.05) is 60.3 Å². The van der Waals surface area contributed by atoms with Crippen molar-refractivity contribution in [2.24, 2.45) is 5.73 Å². The molecular weight excluding hydrogens is 431 g/mol. The summed E-state index contributed by atoms with van der Waals surface area (Å²) in [5.74, 6) is -0.433. The highest BCUT2D eigenvalue weighted by molar-refractivity contribution is 6.36. The molecule has 0 atom stereocenters. The maximum absolute atomic E-state index is 12.1. The van der Waals surface area contributed by atoms with Crippen molar-refractivity contribution in [2.45, 2.75) is 19.8 Å². The maximum atomic E-state index is 12.1. The Hall–Kier alpha value is -2.27. The van der Waals surface area contributed by atoms with E-state index in [1.54, 1.807) is 36.4 Å². The molecule has 0 aliphatic rings. The third-order valence-corrected chi connectivity index (χ3v) is 5.13. The molecule has 7 heteroatoms. The summed E-state index contributed by atoms with van der Waals surface area (Å²) >= 11 is 18.5. The van der Waals surface area contributed by atoms with Gasteiger partial charge in [0.25, 0.3) is 5.91 Å². The average Bonchev–Trinajstić information content (AvgIpc) is 2.68. The average molecular weight is 450 g/mol. The van der Waals surface area contributed by atoms with E-state index in [-0.39, 0.29) is 11.4 Å². The van der Waals surface area contributed by atoms with Gasteiger partial charge >= 0.3 is 0 Å². The molecule has 0 aliphatic heterocycles. The minimum absolute atomic E-state index is 0.185. The number of aromatic nitrogens is 1. The van der Waals surface area contributed by atoms with E-state index in [1.165, 1.54) is 0 Å². The summed E-state index contributed by atoms with van der Waals surface area (Å²) in [6.07, 6.45) is 1.78. The Kier molecular flexibility index (Phi) is 7.01. The first-order valence-corrected chi connectivity index (χ1v) is 10.2. The van der Waals surface area contributed by atoms with Crippen LogP contribution in [0.25, 0.3) is 22.4 Å². The number of carbonyl (C=O) groups excluding carboxylic acids is 1. The lowest BCUT2D eigenvalue weighted by Gasteiger charge is -2.16. The molecule has 0 saturated heterocycles. The molecule has 4 nitrogen and oxygen atoms in total. The van der Waals surface area contributed by atoms with E-state index >= 15 is 0 Å². The lowest BCUT2D eigenvalue weighted by atomic mass is 9.97. The quantitative estimate of drug-likeness (QED) is 0.410. The van der Waals surface area contributed by atoms with Crippen molar-refractivity contribution in [2.75, 3.05) is 6.61 Å². The maximum Gasteiger partial charge on any atom is 0.254 e. The summed E-state index contributed by atoms with van der Waals surface area (Å²) in [7, 11) is 0. The van der Waals surface area contributed by atoms with Crippen molar-refractivity contribution in [3.8, 4) is 28.3 Å². The van der Waals surface area contributed by atoms with E-state index < -0.39 is 5.91 Å². The van der Waals surface area contributed by atoms with Gasteiger partial charge in [-0.15, -0.1) is 0 Å². The number of benzene rings is 2. The molecule has 0 bridgehead atoms. The van der Waals surface area contributed by atoms with Crippen LogP contribution < -0.4 is 10.5 Å². The molecule has 1 amide bonds. The topological polar surface area (TPSA) is 65.2 Å². The molecule has 2 N–H and O–H groups in total. The highest BCUT2D eigenvalue weighted by Gasteiger charge is 2.20. The predicted octanol–water partition coefficient (Wildman–Crippen LogP) is 6.65. The number of hydrogen-bond acceptors (Lipinski definition) is 3. The smallest absolute Gasteiger partial charge is 0.254 e. The Morgan fingerprint density at radius 3 is 2.31 bits per heavy atom. The molecule has 3 aromatic rings. The van der Waals surface area contributed by atoms with Gasteiger partial charge in [-0.05, 0) is 48.4 Å². The van der Waals surface area contributed by atoms with E-state index in [9.17, 15) is 4.79 Å². The Morgan fingerprint density at radius 2 is 1.69 bits per heavy atom. The highest BCUT2D eigenvalue weighted by atomic mass is 35.5. The van der Waals surface area contributed by atoms with Gasteiger partial charge in [-0.3, -0.25) is 4.79 Å². The molecule has 3 rings (SSSR count). The van der Waals surface area contributed by atoms with Crippen molar-refractivity contribution in [3.05, 3.63) is 69.2 Å². The van der Waals surface area contributed by atoms with Crippen LogP contribution in [0.3, 0.4) is 0 Å². The summed E-state index contributed by atoms with van der Waals surface area (Å²) in [6.45, 7) is 2.48. The molecule has 29 heavy (non-hydrogen) atoms. The predicted molar refractivity (Wildman–Crippen MR) is 119 cm³/mol. The second-order valence-corrected chi connectivity index (χ2v) is 7.71. The fourth-order valence-electron chi connectivity index (χ4n) is 2.83. The Bertz CT molecular complexity index is 1040. The fraction of sp³-hybridized carbons (Fsp3) is 0.182. The van der Waals surface area contributed by atoms with Crippen molar-refractivity contribution >= 4 is 40.7 Å². The first-order valence-electron chi connectivity index (χ1n) is 9.09. The number of ether oxygens (including phenoxy) is 1. The fourth-order valence-corrected chi connectivity index (χ4v) is 3.46. The van der Waals surface area contributed by atoms with Crippen LogP contribution in [0.5, 0.6) is 5.88 Å². The Balaban J connectivity index is 2.25. The van der Waals surface area contributed by atoms with E-state index in [0.717, 1.165) is 18.4 Å². The van der Waals surface area contributed by atoms with E-state index in [1.807, 2.05) is 19.1 Å². The molecule has 1 heterocycles. The van der Waals surface area contributed by atoms with Crippen LogP contribution in [0.15, 0.2) is 48.5 Å². The number of halogens is 3. The normalized spacial score (nSPS) is 10.8. The van der Waals surface area contributed by atoms with Crippen LogP contribution in [0.2, 0.25) is 15.1 Å². The minimum Gasteiger partial charge on any atom is -0.477 e. The molecule has 0 spiro atoms. The molecule has 0 unspecified atom stereocenters. The van der Waals surface area contributed by atoms with Crippen LogP contribution in [0, 0.1) is 0 Å². The first kappa shape index (κ1) is 21.4. The highest BCUT2D eigenvalue weighted by Crippen LogP contribution is 2.38. The van der Waals surface area contributed by atoms with E-state index in [0.29, 0.717) is 38.5 Å². The number of rotatable bonds is 7. The van der Waals surface area contributed by atoms with Gasteiger partial charge < -0.3 is 10.5 Å². The van der Waals surface area contributed by atoms with Crippen molar-refractivity contribution in [1.29, 1.82) is 0 Å². The lowest BCUT2D eigenvalue weighted by Crippen LogP contribution is -2.15. The number of hydrogen-bond donors (Lipinski definition) is 1. The third-order valence-electron chi connectivity index (χ3n) is 4.33. The second kappa shape index (κ2) is 9.49. The summed E-state index contributed by atoms with van der Waals surface area (Å²) < 4.78 is 5.77. The second-order valence-electron chi connectivity index (χ2n) is 6.43. The number of nitrogens with zero attached hydrogens (tertiary/aromatic N) is 1. The largest absolute Gasteiger partial charge is 0.477 e. The van der Waals surface area contributed by atoms with Crippen LogP contribution >= 0.6 is 34.8 Å². The SMILES string of the molecule is CCCCOc1nc(-c2ccc(Cl)cc2Cl)c(-c2ccc(Cl)cc2)cc1C(N)=O. The summed E-state index contributed by atoms with van der Waals surface area (Å²) in [4.78, 5) is 16.7. The summed E-state index contributed by atoms with van der Waals surface area (Å²) in [5.41, 5.74) is 8.53. The third kappa shape index (κ3) is 5.02. The number of primary amides is 1. The van der Waals surface area contributed by atoms with Crippen LogP contribution in [-0.2, 0) is 0 Å². The molecule has 150 valence electrons. The lowest BCUT2D eigenvalue weighted by molar-refractivity contribution is 0.0995. The molecule has 0 aliphatic carbocycles. The molecule has 2 aromatic carbocycles. The van der Waals surface area contributed by atoms with Gasteiger partial charge in [0.15, 0.2) is 0 Å². The Labute approximate surface area is 184 Å². The number of unbranched alkanes of at least 4 members (excludes halogenated alkanes) is 1. The van der Waals surface area contributed by atoms with Gasteiger partial charge in [0.05, 0.1) is 17.3 Å². The first-order chi connectivity index (χ1) is 13.9. The zero-order valence-electron chi connectivity index (χ0n) is 15.7. The zero-order chi connectivity index (χ0) is 21.0. The van der Waals surface area contributed by atoms with E-state index in [2.05, 4.69) is 4.98 Å². The Morgan fingerprint density at radius 1 is 1.00 bits per heavy atom. The van der Waals surface area contributed by atoms with Crippen LogP contribution in [-0.4, -0.2) is 17.5 Å². The molecular formula is C22H19Cl3N2O2. The van der Waals surface area contributed by atoms with Gasteiger partial charge in [-0.2, -0.15) is 0 Å².